The van der Waals surface area contributed by atoms with Gasteiger partial charge in [0.1, 0.15) is 0 Å². The quantitative estimate of drug-likeness (QED) is 0.148. The zero-order valence-corrected chi connectivity index (χ0v) is 6.65. The molecule has 0 saturated carbocycles. The highest BCUT2D eigenvalue weighted by molar-refractivity contribution is 7.79. The fourth-order valence-electron chi connectivity index (χ4n) is 0. The van der Waals surface area contributed by atoms with E-state index >= 15 is 0 Å². The monoisotopic (exact) mass is 202 g/mol. The van der Waals surface area contributed by atoms with Crippen molar-refractivity contribution in [2.45, 2.75) is 0 Å². The van der Waals surface area contributed by atoms with Crippen molar-refractivity contribution in [3.63, 3.8) is 0 Å². The lowest BCUT2D eigenvalue weighted by molar-refractivity contribution is 0.256. The number of primary amides is 2. The largest absolute Gasteiger partial charge is 0.394 e. The first-order chi connectivity index (χ1) is 5.15. The molecule has 0 aliphatic heterocycles. The Bertz CT molecular complexity index is 197. The average Bonchev–Trinajstić information content (AvgIpc) is 1.56. The molecular formula is C2H10N4O5S. The van der Waals surface area contributed by atoms with Crippen LogP contribution in [0.4, 0.5) is 4.79 Å². The Labute approximate surface area is 68.6 Å². The molecule has 10 heteroatoms. The zero-order valence-electron chi connectivity index (χ0n) is 5.84. The van der Waals surface area contributed by atoms with Crippen LogP contribution < -0.4 is 17.2 Å². The van der Waals surface area contributed by atoms with Gasteiger partial charge in [0.05, 0.1) is 6.34 Å². The minimum atomic E-state index is -4.67. The van der Waals surface area contributed by atoms with Gasteiger partial charge in [-0.15, -0.1) is 0 Å². The highest BCUT2D eigenvalue weighted by Gasteiger charge is 1.84. The number of carbonyl (C=O) groups excluding carboxylic acids is 1. The Kier molecular flexibility index (Phi) is 13.5. The van der Waals surface area contributed by atoms with E-state index in [0.29, 0.717) is 0 Å². The highest BCUT2D eigenvalue weighted by atomic mass is 32.3. The van der Waals surface area contributed by atoms with Crippen LogP contribution >= 0.6 is 0 Å². The Morgan fingerprint density at radius 2 is 1.33 bits per heavy atom. The summed E-state index contributed by atoms with van der Waals surface area (Å²) in [7, 11) is -4.67. The van der Waals surface area contributed by atoms with Crippen molar-refractivity contribution >= 4 is 22.8 Å². The highest BCUT2D eigenvalue weighted by Crippen LogP contribution is 1.59. The van der Waals surface area contributed by atoms with Gasteiger partial charge in [-0.05, 0) is 0 Å². The maximum atomic E-state index is 9.00. The van der Waals surface area contributed by atoms with Gasteiger partial charge in [0, 0.05) is 0 Å². The molecule has 0 aromatic carbocycles. The van der Waals surface area contributed by atoms with Crippen LogP contribution in [0.1, 0.15) is 0 Å². The molecule has 0 atom stereocenters. The summed E-state index contributed by atoms with van der Waals surface area (Å²) >= 11 is 0. The summed E-state index contributed by atoms with van der Waals surface area (Å²) in [5.74, 6) is 0. The predicted molar refractivity (Wildman–Crippen MR) is 40.9 cm³/mol. The van der Waals surface area contributed by atoms with Crippen molar-refractivity contribution < 1.29 is 22.3 Å². The number of urea groups is 1. The molecule has 0 aliphatic carbocycles. The summed E-state index contributed by atoms with van der Waals surface area (Å²) < 4.78 is 31.6. The third kappa shape index (κ3) is 258. The second-order valence-electron chi connectivity index (χ2n) is 1.02. The van der Waals surface area contributed by atoms with E-state index in [9.17, 15) is 0 Å². The first-order valence-electron chi connectivity index (χ1n) is 2.10. The molecular weight excluding hydrogens is 192 g/mol. The van der Waals surface area contributed by atoms with Crippen LogP contribution in [0, 0.1) is 5.41 Å². The van der Waals surface area contributed by atoms with E-state index < -0.39 is 16.4 Å². The van der Waals surface area contributed by atoms with Crippen LogP contribution in [-0.4, -0.2) is 29.9 Å². The summed E-state index contributed by atoms with van der Waals surface area (Å²) in [6, 6.07) is -0.833. The van der Waals surface area contributed by atoms with E-state index in [1.54, 1.807) is 0 Å². The average molecular weight is 202 g/mol. The second-order valence-corrected chi connectivity index (χ2v) is 1.91. The van der Waals surface area contributed by atoms with E-state index in [0.717, 1.165) is 6.34 Å². The van der Waals surface area contributed by atoms with Gasteiger partial charge in [0.2, 0.25) is 0 Å². The minimum absolute atomic E-state index is 0.750. The molecule has 2 amide bonds. The standard InChI is InChI=1S/CH4N2O.CH4N2.H2O4S/c2-1(3)4;2-1-3;1-5(2,3)4/h(H4,2,3,4);1H,(H3,2,3);(H2,1,2,3,4). The topological polar surface area (TPSA) is 194 Å². The summed E-state index contributed by atoms with van der Waals surface area (Å²) in [6.07, 6.45) is 0.750. The van der Waals surface area contributed by atoms with Crippen molar-refractivity contribution in [1.29, 1.82) is 5.41 Å². The van der Waals surface area contributed by atoms with Crippen molar-refractivity contribution in [1.82, 2.24) is 0 Å². The van der Waals surface area contributed by atoms with E-state index in [1.165, 1.54) is 0 Å². The van der Waals surface area contributed by atoms with Crippen LogP contribution in [0.2, 0.25) is 0 Å². The van der Waals surface area contributed by atoms with Crippen molar-refractivity contribution in [3.05, 3.63) is 0 Å². The second kappa shape index (κ2) is 9.61. The number of nitrogens with one attached hydrogen (secondary N) is 1. The van der Waals surface area contributed by atoms with E-state index in [2.05, 4.69) is 17.2 Å². The maximum absolute atomic E-state index is 9.00. The minimum Gasteiger partial charge on any atom is -0.390 e. The molecule has 0 bridgehead atoms. The van der Waals surface area contributed by atoms with Crippen molar-refractivity contribution in [2.75, 3.05) is 0 Å². The molecule has 9 N–H and O–H groups in total. The van der Waals surface area contributed by atoms with Crippen LogP contribution in [-0.2, 0) is 10.4 Å². The Morgan fingerprint density at radius 1 is 1.33 bits per heavy atom. The van der Waals surface area contributed by atoms with E-state index in [1.807, 2.05) is 0 Å². The van der Waals surface area contributed by atoms with Gasteiger partial charge in [-0.1, -0.05) is 0 Å². The fraction of sp³-hybridized carbons (Fsp3) is 0. The third-order valence-corrected chi connectivity index (χ3v) is 0. The number of amides is 2. The van der Waals surface area contributed by atoms with Gasteiger partial charge in [-0.25, -0.2) is 4.79 Å². The third-order valence-electron chi connectivity index (χ3n) is 0. The van der Waals surface area contributed by atoms with Crippen LogP contribution in [0.5, 0.6) is 0 Å². The molecule has 12 heavy (non-hydrogen) atoms. The zero-order chi connectivity index (χ0) is 10.8. The first-order valence-corrected chi connectivity index (χ1v) is 3.50. The first kappa shape index (κ1) is 16.9. The Hall–Kier alpha value is -1.39. The van der Waals surface area contributed by atoms with Crippen LogP contribution in [0.3, 0.4) is 0 Å². The smallest absolute Gasteiger partial charge is 0.390 e. The molecule has 0 heterocycles. The summed E-state index contributed by atoms with van der Waals surface area (Å²) in [4.78, 5) is 9.00. The normalized spacial score (nSPS) is 7.83. The summed E-state index contributed by atoms with van der Waals surface area (Å²) in [6.45, 7) is 0. The molecule has 0 unspecified atom stereocenters. The molecule has 0 rings (SSSR count). The van der Waals surface area contributed by atoms with Gasteiger partial charge < -0.3 is 17.2 Å². The van der Waals surface area contributed by atoms with Crippen LogP contribution in [0.15, 0.2) is 0 Å². The summed E-state index contributed by atoms with van der Waals surface area (Å²) in [5, 5.41) is 5.86. The van der Waals surface area contributed by atoms with Gasteiger partial charge in [0.15, 0.2) is 0 Å². The Morgan fingerprint density at radius 3 is 1.33 bits per heavy atom. The number of rotatable bonds is 0. The molecule has 0 aromatic rings. The lowest BCUT2D eigenvalue weighted by atomic mass is 11.2. The molecule has 0 spiro atoms. The van der Waals surface area contributed by atoms with Crippen molar-refractivity contribution in [3.8, 4) is 0 Å². The van der Waals surface area contributed by atoms with E-state index in [-0.39, 0.29) is 0 Å². The lowest BCUT2D eigenvalue weighted by Crippen LogP contribution is -2.18. The molecule has 0 saturated heterocycles. The SMILES string of the molecule is N=CN.NC(N)=O.O=S(=O)(O)O. The maximum Gasteiger partial charge on any atom is 0.394 e. The molecule has 0 radical (unpaired) electrons. The van der Waals surface area contributed by atoms with Gasteiger partial charge >= 0.3 is 16.4 Å². The number of nitrogens with two attached hydrogens (primary N) is 3. The number of carbonyl (C=O) groups is 1. The fourth-order valence-corrected chi connectivity index (χ4v) is 0. The Balaban J connectivity index is -0.000000105. The number of hydrogen-bond donors (Lipinski definition) is 6. The van der Waals surface area contributed by atoms with Gasteiger partial charge in [-0.2, -0.15) is 8.42 Å². The predicted octanol–water partition coefficient (Wildman–Crippen LogP) is -2.08. The van der Waals surface area contributed by atoms with Gasteiger partial charge in [0.25, 0.3) is 0 Å². The lowest BCUT2D eigenvalue weighted by Gasteiger charge is -1.68. The van der Waals surface area contributed by atoms with Crippen LogP contribution in [0.25, 0.3) is 0 Å². The molecule has 0 fully saturated rings. The molecule has 0 aromatic heterocycles. The molecule has 0 aliphatic rings. The summed E-state index contributed by atoms with van der Waals surface area (Å²) in [5.41, 5.74) is 12.9. The number of hydrogen-bond acceptors (Lipinski definition) is 4. The molecule has 9 nitrogen and oxygen atoms in total. The van der Waals surface area contributed by atoms with E-state index in [4.69, 9.17) is 27.7 Å². The van der Waals surface area contributed by atoms with Crippen molar-refractivity contribution in [2.24, 2.45) is 17.2 Å². The molecule has 74 valence electrons. The van der Waals surface area contributed by atoms with Gasteiger partial charge in [-0.3, -0.25) is 14.5 Å².